The summed E-state index contributed by atoms with van der Waals surface area (Å²) in [4.78, 5) is 24.4. The van der Waals surface area contributed by atoms with Crippen LogP contribution < -0.4 is 5.32 Å². The zero-order valence-electron chi connectivity index (χ0n) is 7.67. The van der Waals surface area contributed by atoms with E-state index in [-0.39, 0.29) is 15.9 Å². The number of rotatable bonds is 3. The summed E-state index contributed by atoms with van der Waals surface area (Å²) >= 11 is 11.2. The van der Waals surface area contributed by atoms with E-state index in [1.165, 1.54) is 13.0 Å². The summed E-state index contributed by atoms with van der Waals surface area (Å²) in [7, 11) is 0. The number of hydrogen-bond donors (Lipinski definition) is 3. The topological polar surface area (TPSA) is 82.2 Å². The van der Waals surface area contributed by atoms with Crippen LogP contribution in [0.25, 0.3) is 0 Å². The summed E-state index contributed by atoms with van der Waals surface area (Å²) in [6.07, 6.45) is 0. The van der Waals surface area contributed by atoms with Crippen molar-refractivity contribution in [1.29, 1.82) is 0 Å². The van der Waals surface area contributed by atoms with E-state index in [2.05, 4.69) is 10.3 Å². The van der Waals surface area contributed by atoms with Crippen LogP contribution in [0.1, 0.15) is 17.4 Å². The molecule has 15 heavy (non-hydrogen) atoms. The molecule has 0 radical (unpaired) electrons. The van der Waals surface area contributed by atoms with Gasteiger partial charge in [-0.3, -0.25) is 9.59 Å². The molecule has 82 valence electrons. The Morgan fingerprint density at radius 2 is 2.13 bits per heavy atom. The van der Waals surface area contributed by atoms with Crippen LogP contribution in [0.4, 0.5) is 0 Å². The van der Waals surface area contributed by atoms with Crippen LogP contribution in [0.5, 0.6) is 0 Å². The van der Waals surface area contributed by atoms with Gasteiger partial charge in [0, 0.05) is 0 Å². The molecule has 5 nitrogen and oxygen atoms in total. The Morgan fingerprint density at radius 1 is 1.53 bits per heavy atom. The summed E-state index contributed by atoms with van der Waals surface area (Å²) < 4.78 is 0. The molecule has 0 spiro atoms. The van der Waals surface area contributed by atoms with E-state index in [9.17, 15) is 9.59 Å². The van der Waals surface area contributed by atoms with Crippen molar-refractivity contribution in [2.75, 3.05) is 0 Å². The lowest BCUT2D eigenvalue weighted by Crippen LogP contribution is -2.38. The third-order valence-electron chi connectivity index (χ3n) is 1.69. The van der Waals surface area contributed by atoms with Crippen molar-refractivity contribution in [3.8, 4) is 0 Å². The molecule has 7 heteroatoms. The molecule has 0 aromatic carbocycles. The molecule has 0 unspecified atom stereocenters. The molecule has 1 aromatic rings. The number of aromatic nitrogens is 1. The average molecular weight is 251 g/mol. The molecule has 0 aliphatic heterocycles. The quantitative estimate of drug-likeness (QED) is 0.761. The Bertz CT molecular complexity index is 383. The van der Waals surface area contributed by atoms with Gasteiger partial charge in [-0.05, 0) is 13.0 Å². The maximum Gasteiger partial charge on any atom is 0.325 e. The Labute approximate surface area is 95.4 Å². The van der Waals surface area contributed by atoms with Gasteiger partial charge >= 0.3 is 5.97 Å². The van der Waals surface area contributed by atoms with Crippen LogP contribution in [-0.2, 0) is 4.79 Å². The van der Waals surface area contributed by atoms with Crippen LogP contribution in [0.15, 0.2) is 6.07 Å². The van der Waals surface area contributed by atoms with E-state index in [0.717, 1.165) is 0 Å². The minimum atomic E-state index is -1.12. The van der Waals surface area contributed by atoms with Gasteiger partial charge in [0.15, 0.2) is 0 Å². The molecule has 1 heterocycles. The van der Waals surface area contributed by atoms with E-state index >= 15 is 0 Å². The molecule has 0 aliphatic rings. The van der Waals surface area contributed by atoms with Gasteiger partial charge in [0.25, 0.3) is 5.91 Å². The number of aliphatic carboxylic acids is 1. The molecule has 0 fully saturated rings. The second-order valence-electron chi connectivity index (χ2n) is 2.88. The molecule has 0 saturated heterocycles. The number of nitrogens with one attached hydrogen (secondary N) is 2. The van der Waals surface area contributed by atoms with Gasteiger partial charge in [-0.1, -0.05) is 23.2 Å². The standard InChI is InChI=1S/C8H8Cl2N2O3/c1-3(8(14)15)11-7(13)5-2-4(9)6(10)12-5/h2-3,12H,1H3,(H,11,13)(H,14,15)/t3-/m0/s1. The SMILES string of the molecule is C[C@H](NC(=O)c1cc(Cl)c(Cl)[nH]1)C(=O)O. The first-order chi connectivity index (χ1) is 6.91. The number of aromatic amines is 1. The van der Waals surface area contributed by atoms with E-state index in [1.807, 2.05) is 0 Å². The molecule has 1 rings (SSSR count). The largest absolute Gasteiger partial charge is 0.480 e. The number of carboxylic acid groups (broad SMARTS) is 1. The van der Waals surface area contributed by atoms with Gasteiger partial charge in [0.1, 0.15) is 16.9 Å². The van der Waals surface area contributed by atoms with Gasteiger partial charge in [-0.15, -0.1) is 0 Å². The van der Waals surface area contributed by atoms with Crippen molar-refractivity contribution in [2.45, 2.75) is 13.0 Å². The molecular formula is C8H8Cl2N2O3. The highest BCUT2D eigenvalue weighted by Gasteiger charge is 2.17. The zero-order valence-corrected chi connectivity index (χ0v) is 9.19. The Hall–Kier alpha value is -1.20. The van der Waals surface area contributed by atoms with Crippen LogP contribution in [0.3, 0.4) is 0 Å². The summed E-state index contributed by atoms with van der Waals surface area (Å²) in [5, 5.41) is 11.2. The fourth-order valence-corrected chi connectivity index (χ4v) is 1.18. The highest BCUT2D eigenvalue weighted by Crippen LogP contribution is 2.21. The average Bonchev–Trinajstić information content (AvgIpc) is 2.46. The summed E-state index contributed by atoms with van der Waals surface area (Å²) in [6, 6.07) is 0.353. The lowest BCUT2D eigenvalue weighted by molar-refractivity contribution is -0.138. The second-order valence-corrected chi connectivity index (χ2v) is 3.66. The third-order valence-corrected chi connectivity index (χ3v) is 2.38. The van der Waals surface area contributed by atoms with Crippen LogP contribution in [-0.4, -0.2) is 28.0 Å². The predicted molar refractivity (Wildman–Crippen MR) is 55.4 cm³/mol. The molecule has 1 amide bonds. The third kappa shape index (κ3) is 2.87. The fourth-order valence-electron chi connectivity index (χ4n) is 0.863. The number of hydrogen-bond acceptors (Lipinski definition) is 2. The van der Waals surface area contributed by atoms with Crippen molar-refractivity contribution in [1.82, 2.24) is 10.3 Å². The number of carboxylic acids is 1. The van der Waals surface area contributed by atoms with E-state index in [1.54, 1.807) is 0 Å². The lowest BCUT2D eigenvalue weighted by Gasteiger charge is -2.07. The van der Waals surface area contributed by atoms with E-state index < -0.39 is 17.9 Å². The number of amides is 1. The summed E-state index contributed by atoms with van der Waals surface area (Å²) in [6.45, 7) is 1.35. The van der Waals surface area contributed by atoms with E-state index in [0.29, 0.717) is 0 Å². The lowest BCUT2D eigenvalue weighted by atomic mass is 10.3. The minimum absolute atomic E-state index is 0.123. The molecule has 0 bridgehead atoms. The summed E-state index contributed by atoms with van der Waals surface area (Å²) in [5.41, 5.74) is 0.123. The zero-order chi connectivity index (χ0) is 11.6. The maximum atomic E-state index is 11.4. The molecular weight excluding hydrogens is 243 g/mol. The highest BCUT2D eigenvalue weighted by atomic mass is 35.5. The van der Waals surface area contributed by atoms with Crippen LogP contribution >= 0.6 is 23.2 Å². The first kappa shape index (κ1) is 11.9. The molecule has 0 aliphatic carbocycles. The Balaban J connectivity index is 2.73. The first-order valence-electron chi connectivity index (χ1n) is 3.99. The van der Waals surface area contributed by atoms with Crippen LogP contribution in [0.2, 0.25) is 10.2 Å². The van der Waals surface area contributed by atoms with Gasteiger partial charge in [0.2, 0.25) is 0 Å². The maximum absolute atomic E-state index is 11.4. The number of halogens is 2. The fraction of sp³-hybridized carbons (Fsp3) is 0.250. The number of H-pyrrole nitrogens is 1. The highest BCUT2D eigenvalue weighted by molar-refractivity contribution is 6.41. The van der Waals surface area contributed by atoms with Crippen molar-refractivity contribution < 1.29 is 14.7 Å². The molecule has 0 saturated carbocycles. The van der Waals surface area contributed by atoms with E-state index in [4.69, 9.17) is 28.3 Å². The van der Waals surface area contributed by atoms with Gasteiger partial charge in [-0.2, -0.15) is 0 Å². The van der Waals surface area contributed by atoms with Crippen molar-refractivity contribution in [3.05, 3.63) is 21.9 Å². The van der Waals surface area contributed by atoms with Crippen molar-refractivity contribution in [2.24, 2.45) is 0 Å². The van der Waals surface area contributed by atoms with Gasteiger partial charge in [0.05, 0.1) is 5.02 Å². The molecule has 1 aromatic heterocycles. The molecule has 1 atom stereocenters. The van der Waals surface area contributed by atoms with Crippen molar-refractivity contribution in [3.63, 3.8) is 0 Å². The summed E-state index contributed by atoms with van der Waals surface area (Å²) in [5.74, 6) is -1.69. The monoisotopic (exact) mass is 250 g/mol. The number of carbonyl (C=O) groups excluding carboxylic acids is 1. The van der Waals surface area contributed by atoms with Crippen molar-refractivity contribution >= 4 is 35.1 Å². The minimum Gasteiger partial charge on any atom is -0.480 e. The number of carbonyl (C=O) groups is 2. The van der Waals surface area contributed by atoms with Crippen LogP contribution in [0, 0.1) is 0 Å². The predicted octanol–water partition coefficient (Wildman–Crippen LogP) is 1.52. The Kier molecular flexibility index (Phi) is 3.60. The molecule has 3 N–H and O–H groups in total. The van der Waals surface area contributed by atoms with Gasteiger partial charge in [-0.25, -0.2) is 0 Å². The Morgan fingerprint density at radius 3 is 2.53 bits per heavy atom. The van der Waals surface area contributed by atoms with Gasteiger partial charge < -0.3 is 15.4 Å². The first-order valence-corrected chi connectivity index (χ1v) is 4.75. The second kappa shape index (κ2) is 4.55. The normalized spacial score (nSPS) is 12.2. The smallest absolute Gasteiger partial charge is 0.325 e.